The summed E-state index contributed by atoms with van der Waals surface area (Å²) in [6, 6.07) is 11.5. The number of nitriles is 3. The largest absolute Gasteiger partial charge is 0.356 e. The van der Waals surface area contributed by atoms with Crippen molar-refractivity contribution in [3.05, 3.63) is 64.3 Å². The molecule has 1 N–H and O–H groups in total. The van der Waals surface area contributed by atoms with E-state index >= 15 is 0 Å². The zero-order valence-electron chi connectivity index (χ0n) is 12.1. The number of rotatable bonds is 2. The van der Waals surface area contributed by atoms with Crippen molar-refractivity contribution in [2.75, 3.05) is 0 Å². The lowest BCUT2D eigenvalue weighted by Crippen LogP contribution is -2.22. The molecular formula is C18H11FN4. The minimum absolute atomic E-state index is 0.132. The van der Waals surface area contributed by atoms with Gasteiger partial charge >= 0.3 is 0 Å². The fourth-order valence-electron chi connectivity index (χ4n) is 2.52. The average Bonchev–Trinajstić information content (AvgIpc) is 3.41. The van der Waals surface area contributed by atoms with Gasteiger partial charge in [0.1, 0.15) is 24.0 Å². The summed E-state index contributed by atoms with van der Waals surface area (Å²) in [6.45, 7) is 0. The molecule has 0 saturated heterocycles. The molecule has 0 atom stereocenters. The van der Waals surface area contributed by atoms with Gasteiger partial charge in [0.25, 0.3) is 0 Å². The highest BCUT2D eigenvalue weighted by molar-refractivity contribution is 5.85. The fourth-order valence-corrected chi connectivity index (χ4v) is 2.52. The van der Waals surface area contributed by atoms with Crippen molar-refractivity contribution in [2.45, 2.75) is 12.8 Å². The Morgan fingerprint density at radius 1 is 1.09 bits per heavy atom. The normalized spacial score (nSPS) is 16.6. The highest BCUT2D eigenvalue weighted by Crippen LogP contribution is 2.40. The van der Waals surface area contributed by atoms with Crippen LogP contribution in [0.5, 0.6) is 0 Å². The van der Waals surface area contributed by atoms with Crippen LogP contribution in [0, 0.1) is 45.7 Å². The van der Waals surface area contributed by atoms with Crippen LogP contribution in [0.2, 0.25) is 0 Å². The Labute approximate surface area is 133 Å². The number of allylic oxidation sites excluding steroid dienone is 5. The minimum Gasteiger partial charge on any atom is -0.356 e. The van der Waals surface area contributed by atoms with Gasteiger partial charge in [-0.2, -0.15) is 15.8 Å². The molecule has 4 nitrogen and oxygen atoms in total. The first-order chi connectivity index (χ1) is 11.2. The van der Waals surface area contributed by atoms with E-state index in [0.29, 0.717) is 17.1 Å². The van der Waals surface area contributed by atoms with Crippen LogP contribution in [0.1, 0.15) is 18.4 Å². The molecule has 23 heavy (non-hydrogen) atoms. The third-order valence-corrected chi connectivity index (χ3v) is 3.85. The van der Waals surface area contributed by atoms with Crippen molar-refractivity contribution >= 4 is 5.57 Å². The van der Waals surface area contributed by atoms with E-state index < -0.39 is 0 Å². The lowest BCUT2D eigenvalue weighted by atomic mass is 9.92. The standard InChI is InChI=1S/C18H11FN4/c19-14-5-3-11(4-6-14)15-7-17(12-1-2-12)23-18(16(15)10-22)13(8-20)9-21/h3-7,12,23H,1-2H2. The van der Waals surface area contributed by atoms with Crippen LogP contribution in [-0.2, 0) is 0 Å². The quantitative estimate of drug-likeness (QED) is 0.850. The lowest BCUT2D eigenvalue weighted by molar-refractivity contribution is 0.627. The molecule has 1 saturated carbocycles. The summed E-state index contributed by atoms with van der Waals surface area (Å²) in [4.78, 5) is 0. The van der Waals surface area contributed by atoms with Crippen molar-refractivity contribution in [1.82, 2.24) is 5.32 Å². The predicted molar refractivity (Wildman–Crippen MR) is 81.1 cm³/mol. The van der Waals surface area contributed by atoms with E-state index in [0.717, 1.165) is 18.5 Å². The molecule has 110 valence electrons. The Kier molecular flexibility index (Phi) is 3.67. The molecule has 0 bridgehead atoms. The number of hydrogen-bond acceptors (Lipinski definition) is 4. The molecule has 0 unspecified atom stereocenters. The van der Waals surface area contributed by atoms with Crippen LogP contribution >= 0.6 is 0 Å². The number of benzene rings is 1. The van der Waals surface area contributed by atoms with Gasteiger partial charge in [0.05, 0.1) is 11.3 Å². The van der Waals surface area contributed by atoms with Gasteiger partial charge < -0.3 is 5.32 Å². The van der Waals surface area contributed by atoms with Gasteiger partial charge in [-0.05, 0) is 42.5 Å². The summed E-state index contributed by atoms with van der Waals surface area (Å²) in [6.07, 6.45) is 3.91. The fraction of sp³-hybridized carbons (Fsp3) is 0.167. The second kappa shape index (κ2) is 5.79. The van der Waals surface area contributed by atoms with E-state index in [1.165, 1.54) is 12.1 Å². The summed E-state index contributed by atoms with van der Waals surface area (Å²) < 4.78 is 13.2. The van der Waals surface area contributed by atoms with E-state index in [9.17, 15) is 9.65 Å². The van der Waals surface area contributed by atoms with Gasteiger partial charge in [-0.3, -0.25) is 0 Å². The summed E-state index contributed by atoms with van der Waals surface area (Å²) in [5.41, 5.74) is 2.50. The molecule has 1 aliphatic carbocycles. The van der Waals surface area contributed by atoms with Crippen LogP contribution in [0.4, 0.5) is 4.39 Å². The molecule has 1 aromatic rings. The monoisotopic (exact) mass is 302 g/mol. The first kappa shape index (κ1) is 14.6. The van der Waals surface area contributed by atoms with Crippen molar-refractivity contribution in [3.63, 3.8) is 0 Å². The van der Waals surface area contributed by atoms with Gasteiger partial charge in [0.15, 0.2) is 5.57 Å². The van der Waals surface area contributed by atoms with Gasteiger partial charge in [-0.25, -0.2) is 4.39 Å². The zero-order chi connectivity index (χ0) is 16.4. The SMILES string of the molecule is N#CC(C#N)=C1NC(C2CC2)=CC(c2ccc(F)cc2)=C1C#N. The highest BCUT2D eigenvalue weighted by Gasteiger charge is 2.31. The van der Waals surface area contributed by atoms with Crippen molar-refractivity contribution in [2.24, 2.45) is 5.92 Å². The van der Waals surface area contributed by atoms with Crippen molar-refractivity contribution < 1.29 is 4.39 Å². The maximum absolute atomic E-state index is 13.2. The molecule has 0 spiro atoms. The number of hydrogen-bond donors (Lipinski definition) is 1. The molecule has 1 aromatic carbocycles. The summed E-state index contributed by atoms with van der Waals surface area (Å²) in [7, 11) is 0. The van der Waals surface area contributed by atoms with Crippen LogP contribution in [-0.4, -0.2) is 0 Å². The van der Waals surface area contributed by atoms with Gasteiger partial charge in [0, 0.05) is 11.3 Å². The first-order valence-electron chi connectivity index (χ1n) is 7.11. The van der Waals surface area contributed by atoms with E-state index in [1.807, 2.05) is 18.2 Å². The van der Waals surface area contributed by atoms with Gasteiger partial charge in [0.2, 0.25) is 0 Å². The Bertz CT molecular complexity index is 863. The Hall–Kier alpha value is -3.36. The van der Waals surface area contributed by atoms with Crippen LogP contribution in [0.3, 0.4) is 0 Å². The maximum Gasteiger partial charge on any atom is 0.154 e. The summed E-state index contributed by atoms with van der Waals surface area (Å²) in [5, 5.41) is 30.9. The smallest absolute Gasteiger partial charge is 0.154 e. The molecule has 1 fully saturated rings. The summed E-state index contributed by atoms with van der Waals surface area (Å²) in [5.74, 6) is -0.0157. The Balaban J connectivity index is 2.24. The first-order valence-corrected chi connectivity index (χ1v) is 7.11. The van der Waals surface area contributed by atoms with Gasteiger partial charge in [-0.15, -0.1) is 0 Å². The molecular weight excluding hydrogens is 291 g/mol. The third-order valence-electron chi connectivity index (χ3n) is 3.85. The van der Waals surface area contributed by atoms with Crippen LogP contribution < -0.4 is 5.32 Å². The second-order valence-electron chi connectivity index (χ2n) is 5.38. The molecule has 0 radical (unpaired) electrons. The van der Waals surface area contributed by atoms with Crippen LogP contribution in [0.25, 0.3) is 5.57 Å². The number of halogens is 1. The molecule has 0 amide bonds. The van der Waals surface area contributed by atoms with Crippen LogP contribution in [0.15, 0.2) is 52.9 Å². The third kappa shape index (κ3) is 2.71. The van der Waals surface area contributed by atoms with E-state index in [2.05, 4.69) is 11.4 Å². The van der Waals surface area contributed by atoms with Gasteiger partial charge in [-0.1, -0.05) is 12.1 Å². The molecule has 3 rings (SSSR count). The van der Waals surface area contributed by atoms with E-state index in [4.69, 9.17) is 10.5 Å². The molecule has 1 heterocycles. The number of nitrogens with one attached hydrogen (secondary N) is 1. The van der Waals surface area contributed by atoms with Crippen molar-refractivity contribution in [1.29, 1.82) is 15.8 Å². The number of dihydropyridines is 1. The lowest BCUT2D eigenvalue weighted by Gasteiger charge is -2.22. The maximum atomic E-state index is 13.2. The Morgan fingerprint density at radius 2 is 1.74 bits per heavy atom. The van der Waals surface area contributed by atoms with E-state index in [-0.39, 0.29) is 22.7 Å². The average molecular weight is 302 g/mol. The summed E-state index contributed by atoms with van der Waals surface area (Å²) >= 11 is 0. The van der Waals surface area contributed by atoms with Crippen molar-refractivity contribution in [3.8, 4) is 18.2 Å². The topological polar surface area (TPSA) is 83.4 Å². The number of nitrogens with zero attached hydrogens (tertiary/aromatic N) is 3. The predicted octanol–water partition coefficient (Wildman–Crippen LogP) is 3.30. The Morgan fingerprint density at radius 3 is 2.26 bits per heavy atom. The highest BCUT2D eigenvalue weighted by atomic mass is 19.1. The molecule has 1 aliphatic heterocycles. The molecule has 0 aromatic heterocycles. The molecule has 5 heteroatoms. The minimum atomic E-state index is -0.362. The second-order valence-corrected chi connectivity index (χ2v) is 5.38. The van der Waals surface area contributed by atoms with E-state index in [1.54, 1.807) is 12.1 Å². The zero-order valence-corrected chi connectivity index (χ0v) is 12.1. The molecule has 2 aliphatic rings.